The van der Waals surface area contributed by atoms with Crippen LogP contribution in [0.1, 0.15) is 44.3 Å². The van der Waals surface area contributed by atoms with E-state index in [1.165, 1.54) is 19.3 Å². The van der Waals surface area contributed by atoms with Gasteiger partial charge in [-0.2, -0.15) is 0 Å². The predicted octanol–water partition coefficient (Wildman–Crippen LogP) is 3.29. The fraction of sp³-hybridized carbons (Fsp3) is 0.600. The summed E-state index contributed by atoms with van der Waals surface area (Å²) in [4.78, 5) is 0. The van der Waals surface area contributed by atoms with E-state index in [2.05, 4.69) is 6.92 Å². The highest BCUT2D eigenvalue weighted by molar-refractivity contribution is 5.35. The molecule has 0 aliphatic heterocycles. The molecule has 0 fully saturated rings. The minimum atomic E-state index is -0.0669. The molecule has 3 nitrogen and oxygen atoms in total. The molecule has 0 spiro atoms. The number of methoxy groups -OCH3 is 1. The predicted molar refractivity (Wildman–Crippen MR) is 74.9 cm³/mol. The Morgan fingerprint density at radius 3 is 2.61 bits per heavy atom. The molecule has 102 valence electrons. The van der Waals surface area contributed by atoms with E-state index in [9.17, 15) is 0 Å². The third-order valence-corrected chi connectivity index (χ3v) is 3.02. The van der Waals surface area contributed by atoms with Crippen molar-refractivity contribution in [1.82, 2.24) is 0 Å². The Labute approximate surface area is 110 Å². The maximum absolute atomic E-state index is 5.86. The Balaban J connectivity index is 2.49. The van der Waals surface area contributed by atoms with Crippen LogP contribution in [0.25, 0.3) is 0 Å². The van der Waals surface area contributed by atoms with Gasteiger partial charge in [0.2, 0.25) is 0 Å². The van der Waals surface area contributed by atoms with Gasteiger partial charge in [-0.15, -0.1) is 0 Å². The van der Waals surface area contributed by atoms with E-state index >= 15 is 0 Å². The standard InChI is InChI=1S/C15H25NO2/c1-3-4-5-8-11-18-15(12-16)13-9-6-7-10-14(13)17-2/h6-7,9-10,15H,3-5,8,11-12,16H2,1-2H3. The topological polar surface area (TPSA) is 44.5 Å². The van der Waals surface area contributed by atoms with E-state index in [4.69, 9.17) is 15.2 Å². The van der Waals surface area contributed by atoms with Crippen molar-refractivity contribution in [3.8, 4) is 5.75 Å². The molecular weight excluding hydrogens is 226 g/mol. The van der Waals surface area contributed by atoms with E-state index in [1.807, 2.05) is 24.3 Å². The second kappa shape index (κ2) is 8.95. The van der Waals surface area contributed by atoms with Crippen LogP contribution in [-0.4, -0.2) is 20.3 Å². The average Bonchev–Trinajstić information content (AvgIpc) is 2.43. The van der Waals surface area contributed by atoms with Crippen LogP contribution in [0.2, 0.25) is 0 Å². The molecule has 3 heteroatoms. The maximum atomic E-state index is 5.86. The molecule has 0 saturated carbocycles. The highest BCUT2D eigenvalue weighted by Gasteiger charge is 2.14. The highest BCUT2D eigenvalue weighted by atomic mass is 16.5. The minimum absolute atomic E-state index is 0.0669. The number of ether oxygens (including phenoxy) is 2. The fourth-order valence-electron chi connectivity index (χ4n) is 1.97. The smallest absolute Gasteiger partial charge is 0.124 e. The number of nitrogens with two attached hydrogens (primary N) is 1. The van der Waals surface area contributed by atoms with Crippen molar-refractivity contribution < 1.29 is 9.47 Å². The van der Waals surface area contributed by atoms with E-state index in [0.717, 1.165) is 24.3 Å². The van der Waals surface area contributed by atoms with Crippen molar-refractivity contribution in [1.29, 1.82) is 0 Å². The van der Waals surface area contributed by atoms with Gasteiger partial charge in [0.1, 0.15) is 5.75 Å². The summed E-state index contributed by atoms with van der Waals surface area (Å²) in [5.74, 6) is 0.849. The van der Waals surface area contributed by atoms with E-state index in [-0.39, 0.29) is 6.10 Å². The quantitative estimate of drug-likeness (QED) is 0.685. The zero-order chi connectivity index (χ0) is 13.2. The summed E-state index contributed by atoms with van der Waals surface area (Å²) in [7, 11) is 1.67. The Hall–Kier alpha value is -1.06. The Bertz CT molecular complexity index is 328. The van der Waals surface area contributed by atoms with Crippen LogP contribution in [0.5, 0.6) is 5.75 Å². The lowest BCUT2D eigenvalue weighted by atomic mass is 10.1. The van der Waals surface area contributed by atoms with Gasteiger partial charge in [-0.3, -0.25) is 0 Å². The number of hydrogen-bond donors (Lipinski definition) is 1. The van der Waals surface area contributed by atoms with Crippen molar-refractivity contribution in [3.63, 3.8) is 0 Å². The van der Waals surface area contributed by atoms with Gasteiger partial charge in [0.05, 0.1) is 13.2 Å². The molecule has 2 N–H and O–H groups in total. The summed E-state index contributed by atoms with van der Waals surface area (Å²) >= 11 is 0. The number of rotatable bonds is 9. The SMILES string of the molecule is CCCCCCOC(CN)c1ccccc1OC. The molecule has 1 unspecified atom stereocenters. The zero-order valence-corrected chi connectivity index (χ0v) is 11.5. The first-order valence-electron chi connectivity index (χ1n) is 6.78. The van der Waals surface area contributed by atoms with Crippen LogP contribution in [0.3, 0.4) is 0 Å². The van der Waals surface area contributed by atoms with Crippen molar-refractivity contribution in [3.05, 3.63) is 29.8 Å². The first-order chi connectivity index (χ1) is 8.83. The lowest BCUT2D eigenvalue weighted by molar-refractivity contribution is 0.0542. The molecule has 1 rings (SSSR count). The van der Waals surface area contributed by atoms with Crippen molar-refractivity contribution in [2.45, 2.75) is 38.7 Å². The van der Waals surface area contributed by atoms with Gasteiger partial charge >= 0.3 is 0 Å². The molecule has 1 atom stereocenters. The van der Waals surface area contributed by atoms with Crippen molar-refractivity contribution >= 4 is 0 Å². The van der Waals surface area contributed by atoms with Crippen LogP contribution < -0.4 is 10.5 Å². The molecule has 0 aliphatic carbocycles. The molecule has 0 saturated heterocycles. The molecule has 1 aromatic rings. The summed E-state index contributed by atoms with van der Waals surface area (Å²) in [6.07, 6.45) is 4.76. The van der Waals surface area contributed by atoms with Crippen LogP contribution >= 0.6 is 0 Å². The first kappa shape index (κ1) is 15.0. The second-order valence-corrected chi connectivity index (χ2v) is 4.40. The molecule has 1 aromatic carbocycles. The molecule has 0 bridgehead atoms. The van der Waals surface area contributed by atoms with Crippen LogP contribution in [-0.2, 0) is 4.74 Å². The Morgan fingerprint density at radius 1 is 1.17 bits per heavy atom. The lowest BCUT2D eigenvalue weighted by Crippen LogP contribution is -2.17. The second-order valence-electron chi connectivity index (χ2n) is 4.40. The molecule has 0 aliphatic rings. The van der Waals surface area contributed by atoms with Gasteiger partial charge < -0.3 is 15.2 Å². The molecule has 0 amide bonds. The molecular formula is C15H25NO2. The van der Waals surface area contributed by atoms with Gasteiger partial charge in [-0.1, -0.05) is 44.4 Å². The summed E-state index contributed by atoms with van der Waals surface area (Å²) in [5.41, 5.74) is 6.83. The molecule has 0 radical (unpaired) electrons. The third-order valence-electron chi connectivity index (χ3n) is 3.02. The summed E-state index contributed by atoms with van der Waals surface area (Å²) in [6.45, 7) is 3.45. The third kappa shape index (κ3) is 4.67. The number of hydrogen-bond acceptors (Lipinski definition) is 3. The molecule has 0 aromatic heterocycles. The normalized spacial score (nSPS) is 12.4. The Kier molecular flexibility index (Phi) is 7.46. The number of benzene rings is 1. The molecule has 0 heterocycles. The summed E-state index contributed by atoms with van der Waals surface area (Å²) < 4.78 is 11.2. The largest absolute Gasteiger partial charge is 0.496 e. The summed E-state index contributed by atoms with van der Waals surface area (Å²) in [6, 6.07) is 7.90. The zero-order valence-electron chi connectivity index (χ0n) is 11.5. The Morgan fingerprint density at radius 2 is 1.94 bits per heavy atom. The first-order valence-corrected chi connectivity index (χ1v) is 6.78. The lowest BCUT2D eigenvalue weighted by Gasteiger charge is -2.18. The minimum Gasteiger partial charge on any atom is -0.496 e. The van der Waals surface area contributed by atoms with E-state index < -0.39 is 0 Å². The van der Waals surface area contributed by atoms with Crippen molar-refractivity contribution in [2.75, 3.05) is 20.3 Å². The maximum Gasteiger partial charge on any atom is 0.124 e. The number of para-hydroxylation sites is 1. The van der Waals surface area contributed by atoms with Crippen LogP contribution in [0.15, 0.2) is 24.3 Å². The molecule has 18 heavy (non-hydrogen) atoms. The van der Waals surface area contributed by atoms with Crippen LogP contribution in [0, 0.1) is 0 Å². The van der Waals surface area contributed by atoms with Gasteiger partial charge in [-0.05, 0) is 12.5 Å². The van der Waals surface area contributed by atoms with E-state index in [1.54, 1.807) is 7.11 Å². The fourth-order valence-corrected chi connectivity index (χ4v) is 1.97. The average molecular weight is 251 g/mol. The van der Waals surface area contributed by atoms with Crippen LogP contribution in [0.4, 0.5) is 0 Å². The number of unbranched alkanes of at least 4 members (excludes halogenated alkanes) is 3. The highest BCUT2D eigenvalue weighted by Crippen LogP contribution is 2.26. The summed E-state index contributed by atoms with van der Waals surface area (Å²) in [5, 5.41) is 0. The van der Waals surface area contributed by atoms with Gasteiger partial charge in [0.15, 0.2) is 0 Å². The van der Waals surface area contributed by atoms with Gasteiger partial charge in [0.25, 0.3) is 0 Å². The van der Waals surface area contributed by atoms with Gasteiger partial charge in [-0.25, -0.2) is 0 Å². The van der Waals surface area contributed by atoms with Gasteiger partial charge in [0, 0.05) is 18.7 Å². The monoisotopic (exact) mass is 251 g/mol. The van der Waals surface area contributed by atoms with E-state index in [0.29, 0.717) is 6.54 Å². The van der Waals surface area contributed by atoms with Crippen molar-refractivity contribution in [2.24, 2.45) is 5.73 Å².